The average molecular weight is 359 g/mol. The molecule has 1 atom stereocenters. The molecular formula is C18H21N3O5. The average Bonchev–Trinajstić information content (AvgIpc) is 3.09. The Morgan fingerprint density at radius 2 is 2.23 bits per heavy atom. The van der Waals surface area contributed by atoms with Crippen LogP contribution >= 0.6 is 0 Å². The summed E-state index contributed by atoms with van der Waals surface area (Å²) in [5.41, 5.74) is 7.47. The molecule has 0 spiro atoms. The number of amides is 1. The van der Waals surface area contributed by atoms with Gasteiger partial charge >= 0.3 is 12.1 Å². The number of hydrogen-bond acceptors (Lipinski definition) is 7. The van der Waals surface area contributed by atoms with E-state index in [1.165, 1.54) is 13.3 Å². The molecule has 1 aromatic carbocycles. The number of nitrogen functional groups attached to an aromatic ring is 1. The van der Waals surface area contributed by atoms with Crippen molar-refractivity contribution in [1.29, 1.82) is 0 Å². The van der Waals surface area contributed by atoms with Gasteiger partial charge in [-0.2, -0.15) is 0 Å². The van der Waals surface area contributed by atoms with E-state index < -0.39 is 18.0 Å². The van der Waals surface area contributed by atoms with Crippen molar-refractivity contribution in [1.82, 2.24) is 4.98 Å². The highest BCUT2D eigenvalue weighted by molar-refractivity contribution is 5.87. The van der Waals surface area contributed by atoms with Gasteiger partial charge in [0.15, 0.2) is 5.76 Å². The van der Waals surface area contributed by atoms with Gasteiger partial charge in [-0.25, -0.2) is 9.78 Å². The number of carbonyl (C=O) groups excluding carboxylic acids is 2. The molecule has 2 aromatic rings. The van der Waals surface area contributed by atoms with E-state index in [0.29, 0.717) is 29.1 Å². The molecule has 1 unspecified atom stereocenters. The minimum Gasteiger partial charge on any atom is -0.465 e. The van der Waals surface area contributed by atoms with Crippen LogP contribution in [0, 0.1) is 0 Å². The minimum atomic E-state index is -0.664. The summed E-state index contributed by atoms with van der Waals surface area (Å²) in [6, 6.07) is 4.90. The molecule has 0 fully saturated rings. The SMILES string of the molecule is C=CCC(C(=O)OCC)c1ncc(-c2ccc(NC(=O)OC)cc2N)o1. The molecule has 1 amide bonds. The number of nitrogens with zero attached hydrogens (tertiary/aromatic N) is 1. The summed E-state index contributed by atoms with van der Waals surface area (Å²) < 4.78 is 15.3. The van der Waals surface area contributed by atoms with E-state index in [2.05, 4.69) is 21.6 Å². The van der Waals surface area contributed by atoms with Crippen molar-refractivity contribution in [3.05, 3.63) is 42.9 Å². The lowest BCUT2D eigenvalue weighted by Crippen LogP contribution is -2.15. The number of nitrogens with one attached hydrogen (secondary N) is 1. The maximum atomic E-state index is 12.1. The number of anilines is 2. The Balaban J connectivity index is 2.26. The van der Waals surface area contributed by atoms with Gasteiger partial charge in [-0.1, -0.05) is 6.08 Å². The fourth-order valence-corrected chi connectivity index (χ4v) is 2.31. The summed E-state index contributed by atoms with van der Waals surface area (Å²) in [6.07, 6.45) is 2.84. The van der Waals surface area contributed by atoms with Crippen molar-refractivity contribution in [2.45, 2.75) is 19.3 Å². The number of rotatable bonds is 7. The zero-order valence-corrected chi connectivity index (χ0v) is 14.7. The van der Waals surface area contributed by atoms with Crippen molar-refractivity contribution in [2.24, 2.45) is 0 Å². The van der Waals surface area contributed by atoms with Crippen LogP contribution in [-0.4, -0.2) is 30.8 Å². The number of ether oxygens (including phenoxy) is 2. The van der Waals surface area contributed by atoms with E-state index in [4.69, 9.17) is 14.9 Å². The molecule has 3 N–H and O–H groups in total. The lowest BCUT2D eigenvalue weighted by Gasteiger charge is -2.10. The van der Waals surface area contributed by atoms with E-state index in [0.717, 1.165) is 0 Å². The fraction of sp³-hybridized carbons (Fsp3) is 0.278. The Bertz CT molecular complexity index is 800. The Morgan fingerprint density at radius 3 is 2.85 bits per heavy atom. The largest absolute Gasteiger partial charge is 0.465 e. The zero-order valence-electron chi connectivity index (χ0n) is 14.7. The van der Waals surface area contributed by atoms with Gasteiger partial charge in [0.1, 0.15) is 5.92 Å². The van der Waals surface area contributed by atoms with Gasteiger partial charge in [-0.15, -0.1) is 6.58 Å². The zero-order chi connectivity index (χ0) is 19.1. The number of hydrogen-bond donors (Lipinski definition) is 2. The molecule has 1 heterocycles. The summed E-state index contributed by atoms with van der Waals surface area (Å²) >= 11 is 0. The summed E-state index contributed by atoms with van der Waals surface area (Å²) in [5, 5.41) is 2.52. The van der Waals surface area contributed by atoms with Crippen LogP contribution in [0.4, 0.5) is 16.2 Å². The molecule has 1 aromatic heterocycles. The van der Waals surface area contributed by atoms with Gasteiger partial charge in [0.25, 0.3) is 0 Å². The quantitative estimate of drug-likeness (QED) is 0.442. The van der Waals surface area contributed by atoms with E-state index in [-0.39, 0.29) is 12.5 Å². The van der Waals surface area contributed by atoms with Crippen LogP contribution in [0.3, 0.4) is 0 Å². The molecule has 0 aliphatic carbocycles. The van der Waals surface area contributed by atoms with Crippen LogP contribution in [0.15, 0.2) is 41.5 Å². The van der Waals surface area contributed by atoms with Crippen LogP contribution in [0.5, 0.6) is 0 Å². The third-order valence-electron chi connectivity index (χ3n) is 3.54. The van der Waals surface area contributed by atoms with Gasteiger partial charge in [-0.05, 0) is 31.5 Å². The number of esters is 1. The molecule has 0 aliphatic rings. The second-order valence-electron chi connectivity index (χ2n) is 5.31. The standard InChI is InChI=1S/C18H21N3O5/c1-4-6-13(17(22)25-5-2)16-20-10-15(26-16)12-8-7-11(9-14(12)19)21-18(23)24-3/h4,7-10,13H,1,5-6,19H2,2-3H3,(H,21,23). The summed E-state index contributed by atoms with van der Waals surface area (Å²) in [6.45, 7) is 5.64. The Kier molecular flexibility index (Phi) is 6.37. The summed E-state index contributed by atoms with van der Waals surface area (Å²) in [7, 11) is 1.27. The van der Waals surface area contributed by atoms with Gasteiger partial charge < -0.3 is 19.6 Å². The highest BCUT2D eigenvalue weighted by atomic mass is 16.5. The van der Waals surface area contributed by atoms with E-state index >= 15 is 0 Å². The van der Waals surface area contributed by atoms with Gasteiger partial charge in [0.05, 0.1) is 19.9 Å². The minimum absolute atomic E-state index is 0.231. The first-order valence-electron chi connectivity index (χ1n) is 7.98. The summed E-state index contributed by atoms with van der Waals surface area (Å²) in [4.78, 5) is 27.5. The molecular weight excluding hydrogens is 338 g/mol. The fourth-order valence-electron chi connectivity index (χ4n) is 2.31. The molecule has 8 nitrogen and oxygen atoms in total. The van der Waals surface area contributed by atoms with Crippen LogP contribution < -0.4 is 11.1 Å². The highest BCUT2D eigenvalue weighted by Gasteiger charge is 2.26. The predicted molar refractivity (Wildman–Crippen MR) is 96.6 cm³/mol. The molecule has 0 saturated carbocycles. The topological polar surface area (TPSA) is 117 Å². The number of allylic oxidation sites excluding steroid dienone is 1. The van der Waals surface area contributed by atoms with Crippen molar-refractivity contribution in [3.8, 4) is 11.3 Å². The number of benzene rings is 1. The summed E-state index contributed by atoms with van der Waals surface area (Å²) in [5.74, 6) is -0.455. The lowest BCUT2D eigenvalue weighted by molar-refractivity contribution is -0.145. The maximum absolute atomic E-state index is 12.1. The molecule has 0 bridgehead atoms. The van der Waals surface area contributed by atoms with Crippen LogP contribution in [0.2, 0.25) is 0 Å². The van der Waals surface area contributed by atoms with Crippen LogP contribution in [0.1, 0.15) is 25.2 Å². The Labute approximate surface area is 151 Å². The molecule has 0 saturated heterocycles. The van der Waals surface area contributed by atoms with E-state index in [1.807, 2.05) is 0 Å². The monoisotopic (exact) mass is 359 g/mol. The molecule has 0 radical (unpaired) electrons. The number of nitrogens with two attached hydrogens (primary N) is 1. The Hall–Kier alpha value is -3.29. The first kappa shape index (κ1) is 19.0. The molecule has 138 valence electrons. The van der Waals surface area contributed by atoms with Crippen molar-refractivity contribution in [3.63, 3.8) is 0 Å². The maximum Gasteiger partial charge on any atom is 0.411 e. The lowest BCUT2D eigenvalue weighted by atomic mass is 10.1. The third-order valence-corrected chi connectivity index (χ3v) is 3.54. The molecule has 0 aliphatic heterocycles. The second-order valence-corrected chi connectivity index (χ2v) is 5.31. The Morgan fingerprint density at radius 1 is 1.46 bits per heavy atom. The number of oxazole rings is 1. The molecule has 8 heteroatoms. The highest BCUT2D eigenvalue weighted by Crippen LogP contribution is 2.31. The number of aromatic nitrogens is 1. The van der Waals surface area contributed by atoms with Crippen LogP contribution in [0.25, 0.3) is 11.3 Å². The van der Waals surface area contributed by atoms with Crippen molar-refractivity contribution in [2.75, 3.05) is 24.8 Å². The molecule has 2 rings (SSSR count). The van der Waals surface area contributed by atoms with Crippen molar-refractivity contribution < 1.29 is 23.5 Å². The smallest absolute Gasteiger partial charge is 0.411 e. The number of carbonyl (C=O) groups is 2. The van der Waals surface area contributed by atoms with Crippen molar-refractivity contribution >= 4 is 23.4 Å². The predicted octanol–water partition coefficient (Wildman–Crippen LogP) is 3.32. The normalized spacial score (nSPS) is 11.5. The first-order valence-corrected chi connectivity index (χ1v) is 7.98. The van der Waals surface area contributed by atoms with Crippen LogP contribution in [-0.2, 0) is 14.3 Å². The van der Waals surface area contributed by atoms with E-state index in [1.54, 1.807) is 31.2 Å². The van der Waals surface area contributed by atoms with Gasteiger partial charge in [0, 0.05) is 16.9 Å². The van der Waals surface area contributed by atoms with Gasteiger partial charge in [-0.3, -0.25) is 10.1 Å². The first-order chi connectivity index (χ1) is 12.5. The van der Waals surface area contributed by atoms with Gasteiger partial charge in [0.2, 0.25) is 5.89 Å². The third kappa shape index (κ3) is 4.41. The second kappa shape index (κ2) is 8.70. The molecule has 26 heavy (non-hydrogen) atoms. The van der Waals surface area contributed by atoms with E-state index in [9.17, 15) is 9.59 Å². The number of methoxy groups -OCH3 is 1.